The number of aliphatic hydroxyl groups is 2. The van der Waals surface area contributed by atoms with Gasteiger partial charge in [0.05, 0.1) is 37.7 Å². The highest BCUT2D eigenvalue weighted by Crippen LogP contribution is 2.47. The molecule has 1 fully saturated rings. The first kappa shape index (κ1) is 30.4. The third kappa shape index (κ3) is 5.44. The van der Waals surface area contributed by atoms with Crippen LogP contribution in [0.1, 0.15) is 37.3 Å². The number of para-hydroxylation sites is 2. The Morgan fingerprint density at radius 3 is 2.73 bits per heavy atom. The van der Waals surface area contributed by atoms with E-state index in [0.717, 1.165) is 18.4 Å². The molecule has 3 aromatic rings. The zero-order chi connectivity index (χ0) is 31.7. The Morgan fingerprint density at radius 1 is 1.11 bits per heavy atom. The van der Waals surface area contributed by atoms with Gasteiger partial charge in [-0.2, -0.15) is 0 Å². The Bertz CT molecular complexity index is 1660. The highest BCUT2D eigenvalue weighted by atomic mass is 16.5. The van der Waals surface area contributed by atoms with E-state index in [1.54, 1.807) is 52.0 Å². The number of nitrogens with zero attached hydrogens (tertiary/aromatic N) is 3. The average Bonchev–Trinajstić information content (AvgIpc) is 3.62. The maximum Gasteiger partial charge on any atom is 0.269 e. The Labute approximate surface area is 262 Å². The van der Waals surface area contributed by atoms with Crippen molar-refractivity contribution >= 4 is 34.8 Å². The molecule has 3 aromatic carbocycles. The maximum atomic E-state index is 14.1. The number of rotatable bonds is 9. The van der Waals surface area contributed by atoms with Gasteiger partial charge in [-0.1, -0.05) is 43.3 Å². The van der Waals surface area contributed by atoms with Gasteiger partial charge in [0.15, 0.2) is 12.2 Å². The van der Waals surface area contributed by atoms with E-state index in [9.17, 15) is 24.6 Å². The van der Waals surface area contributed by atoms with E-state index in [4.69, 9.17) is 9.47 Å². The predicted molar refractivity (Wildman–Crippen MR) is 168 cm³/mol. The number of anilines is 3. The van der Waals surface area contributed by atoms with Crippen molar-refractivity contribution < 1.29 is 34.1 Å². The van der Waals surface area contributed by atoms with E-state index < -0.39 is 17.4 Å². The van der Waals surface area contributed by atoms with Crippen LogP contribution in [0.3, 0.4) is 0 Å². The molecule has 0 saturated carbocycles. The lowest BCUT2D eigenvalue weighted by Crippen LogP contribution is -2.44. The average molecular weight is 612 g/mol. The van der Waals surface area contributed by atoms with Crippen LogP contribution in [0, 0.1) is 5.92 Å². The predicted octanol–water partition coefficient (Wildman–Crippen LogP) is 4.05. The summed E-state index contributed by atoms with van der Waals surface area (Å²) in [5.74, 6) is -0.344. The van der Waals surface area contributed by atoms with E-state index in [2.05, 4.69) is 0 Å². The summed E-state index contributed by atoms with van der Waals surface area (Å²) in [6, 6.07) is 19.8. The molecule has 0 aromatic heterocycles. The van der Waals surface area contributed by atoms with Crippen LogP contribution in [-0.4, -0.2) is 65.7 Å². The minimum absolute atomic E-state index is 0.0620. The number of methoxy groups -OCH3 is 1. The molecule has 234 valence electrons. The number of aliphatic hydroxyl groups excluding tert-OH is 1. The van der Waals surface area contributed by atoms with Gasteiger partial charge in [0.2, 0.25) is 5.91 Å². The lowest BCUT2D eigenvalue weighted by Gasteiger charge is -2.30. The van der Waals surface area contributed by atoms with Gasteiger partial charge in [-0.25, -0.2) is 0 Å². The molecule has 3 amide bonds. The van der Waals surface area contributed by atoms with Crippen LogP contribution in [0.5, 0.6) is 11.5 Å². The standard InChI is InChI=1S/C35H37N3O7/c1-23(8-5-14-32(40)36-17-7-11-26(36)21-39)35(43)28-19-27(44-2)15-16-29(28)37(34(35)42)20-24-9-6-10-25(18-24)38-30-12-3-4-13-31(30)45-22-33(38)41/h3-6,8-10,12-13,15-16,18-19,23,26,39,43H,7,11,14,17,20-22H2,1-2H3/b8-5+/t23-,26+,35+/m1/s1. The zero-order valence-electron chi connectivity index (χ0n) is 25.4. The molecule has 1 saturated heterocycles. The summed E-state index contributed by atoms with van der Waals surface area (Å²) in [5.41, 5.74) is 1.13. The molecule has 10 heteroatoms. The topological polar surface area (TPSA) is 120 Å². The lowest BCUT2D eigenvalue weighted by atomic mass is 9.83. The fourth-order valence-electron chi connectivity index (χ4n) is 6.56. The number of hydrogen-bond acceptors (Lipinski definition) is 7. The number of amides is 3. The number of likely N-dealkylation sites (tertiary alicyclic amines) is 1. The van der Waals surface area contributed by atoms with Gasteiger partial charge in [-0.3, -0.25) is 19.3 Å². The summed E-state index contributed by atoms with van der Waals surface area (Å²) < 4.78 is 11.0. The molecule has 0 spiro atoms. The summed E-state index contributed by atoms with van der Waals surface area (Å²) in [7, 11) is 1.53. The van der Waals surface area contributed by atoms with E-state index in [1.807, 2.05) is 48.5 Å². The van der Waals surface area contributed by atoms with Crippen molar-refractivity contribution in [2.45, 2.75) is 44.4 Å². The fourth-order valence-corrected chi connectivity index (χ4v) is 6.56. The fraction of sp³-hybridized carbons (Fsp3) is 0.343. The molecular weight excluding hydrogens is 574 g/mol. The molecule has 3 atom stereocenters. The van der Waals surface area contributed by atoms with E-state index in [1.165, 1.54) is 7.11 Å². The number of hydrogen-bond donors (Lipinski definition) is 2. The van der Waals surface area contributed by atoms with Crippen LogP contribution in [0.15, 0.2) is 78.9 Å². The van der Waals surface area contributed by atoms with Crippen LogP contribution in [-0.2, 0) is 26.5 Å². The summed E-state index contributed by atoms with van der Waals surface area (Å²) in [5, 5.41) is 21.7. The first-order valence-corrected chi connectivity index (χ1v) is 15.2. The van der Waals surface area contributed by atoms with E-state index >= 15 is 0 Å². The minimum atomic E-state index is -1.90. The van der Waals surface area contributed by atoms with Gasteiger partial charge < -0.3 is 29.5 Å². The zero-order valence-corrected chi connectivity index (χ0v) is 25.4. The SMILES string of the molecule is COc1ccc2c(c1)[C@@](O)([C@H](C)/C=C/CC(=O)N1CCC[C@H]1CO)C(=O)N2Cc1cccc(N2C(=O)COc3ccccc32)c1. The second-order valence-electron chi connectivity index (χ2n) is 11.7. The molecule has 3 heterocycles. The van der Waals surface area contributed by atoms with Gasteiger partial charge in [0, 0.05) is 30.1 Å². The monoisotopic (exact) mass is 611 g/mol. The number of carbonyl (C=O) groups is 3. The number of carbonyl (C=O) groups excluding carboxylic acids is 3. The minimum Gasteiger partial charge on any atom is -0.497 e. The molecule has 0 aliphatic carbocycles. The normalized spacial score (nSPS) is 21.6. The van der Waals surface area contributed by atoms with Crippen LogP contribution in [0.25, 0.3) is 0 Å². The third-order valence-corrected chi connectivity index (χ3v) is 8.98. The number of benzene rings is 3. The van der Waals surface area contributed by atoms with Crippen molar-refractivity contribution in [2.24, 2.45) is 5.92 Å². The van der Waals surface area contributed by atoms with Crippen molar-refractivity contribution in [1.29, 1.82) is 0 Å². The summed E-state index contributed by atoms with van der Waals surface area (Å²) in [6.45, 7) is 2.38. The maximum absolute atomic E-state index is 14.1. The molecule has 3 aliphatic rings. The summed E-state index contributed by atoms with van der Waals surface area (Å²) in [6.07, 6.45) is 5.14. The van der Waals surface area contributed by atoms with Crippen molar-refractivity contribution in [3.8, 4) is 11.5 Å². The number of fused-ring (bicyclic) bond motifs is 2. The van der Waals surface area contributed by atoms with E-state index in [-0.39, 0.29) is 44.0 Å². The van der Waals surface area contributed by atoms with Gasteiger partial charge in [0.25, 0.3) is 11.8 Å². The smallest absolute Gasteiger partial charge is 0.269 e. The quantitative estimate of drug-likeness (QED) is 0.351. The molecule has 2 N–H and O–H groups in total. The highest BCUT2D eigenvalue weighted by Gasteiger charge is 2.52. The van der Waals surface area contributed by atoms with Gasteiger partial charge in [0.1, 0.15) is 11.5 Å². The molecule has 6 rings (SSSR count). The van der Waals surface area contributed by atoms with E-state index in [0.29, 0.717) is 40.7 Å². The molecular formula is C35H37N3O7. The molecule has 3 aliphatic heterocycles. The van der Waals surface area contributed by atoms with Crippen molar-refractivity contribution in [1.82, 2.24) is 4.90 Å². The van der Waals surface area contributed by atoms with Gasteiger partial charge in [-0.05, 0) is 60.9 Å². The highest BCUT2D eigenvalue weighted by molar-refractivity contribution is 6.07. The first-order chi connectivity index (χ1) is 21.8. The van der Waals surface area contributed by atoms with Crippen LogP contribution >= 0.6 is 0 Å². The Hall–Kier alpha value is -4.67. The molecule has 0 unspecified atom stereocenters. The summed E-state index contributed by atoms with van der Waals surface area (Å²) in [4.78, 5) is 44.7. The van der Waals surface area contributed by atoms with Crippen LogP contribution < -0.4 is 19.3 Å². The molecule has 45 heavy (non-hydrogen) atoms. The second kappa shape index (κ2) is 12.4. The van der Waals surface area contributed by atoms with Crippen molar-refractivity contribution in [2.75, 3.05) is 36.7 Å². The van der Waals surface area contributed by atoms with Crippen LogP contribution in [0.4, 0.5) is 17.1 Å². The van der Waals surface area contributed by atoms with Crippen molar-refractivity contribution in [3.63, 3.8) is 0 Å². The Morgan fingerprint density at radius 2 is 1.93 bits per heavy atom. The Kier molecular flexibility index (Phi) is 8.35. The third-order valence-electron chi connectivity index (χ3n) is 8.98. The van der Waals surface area contributed by atoms with Gasteiger partial charge in [-0.15, -0.1) is 0 Å². The molecule has 0 radical (unpaired) electrons. The van der Waals surface area contributed by atoms with Gasteiger partial charge >= 0.3 is 0 Å². The van der Waals surface area contributed by atoms with Crippen LogP contribution in [0.2, 0.25) is 0 Å². The number of ether oxygens (including phenoxy) is 2. The first-order valence-electron chi connectivity index (χ1n) is 15.2. The Balaban J connectivity index is 1.26. The molecule has 0 bridgehead atoms. The van der Waals surface area contributed by atoms with Crippen molar-refractivity contribution in [3.05, 3.63) is 90.0 Å². The summed E-state index contributed by atoms with van der Waals surface area (Å²) >= 11 is 0. The lowest BCUT2D eigenvalue weighted by molar-refractivity contribution is -0.139. The molecule has 10 nitrogen and oxygen atoms in total. The second-order valence-corrected chi connectivity index (χ2v) is 11.7. The largest absolute Gasteiger partial charge is 0.497 e.